The van der Waals surface area contributed by atoms with E-state index in [0.29, 0.717) is 11.4 Å². The number of hydrogen-bond acceptors (Lipinski definition) is 3. The zero-order valence-corrected chi connectivity index (χ0v) is 12.2. The molecule has 2 heterocycles. The van der Waals surface area contributed by atoms with Crippen molar-refractivity contribution in [1.82, 2.24) is 9.97 Å². The number of fused-ring (bicyclic) bond motifs is 1. The highest BCUT2D eigenvalue weighted by atomic mass is 16.2. The van der Waals surface area contributed by atoms with Crippen LogP contribution in [0.1, 0.15) is 11.1 Å². The van der Waals surface area contributed by atoms with Crippen molar-refractivity contribution in [2.45, 2.75) is 0 Å². The summed E-state index contributed by atoms with van der Waals surface area (Å²) < 4.78 is 0. The molecule has 0 radical (unpaired) electrons. The van der Waals surface area contributed by atoms with Crippen molar-refractivity contribution < 1.29 is 4.79 Å². The largest absolute Gasteiger partial charge is 0.321 e. The fourth-order valence-corrected chi connectivity index (χ4v) is 2.60. The van der Waals surface area contributed by atoms with Crippen LogP contribution in [0.15, 0.2) is 67.0 Å². The molecule has 0 saturated heterocycles. The zero-order valence-electron chi connectivity index (χ0n) is 12.2. The Balaban J connectivity index is 1.68. The topological polar surface area (TPSA) is 54.9 Å². The quantitative estimate of drug-likeness (QED) is 0.735. The molecule has 0 atom stereocenters. The number of hydrogen-bond donors (Lipinski definition) is 1. The molecule has 0 spiro atoms. The SMILES string of the molecule is O=C1Nc2ccccc2C1=Cc1cnc(-c2ccccc2)nc1. The molecule has 4 nitrogen and oxygen atoms in total. The number of aromatic nitrogens is 2. The molecule has 1 amide bonds. The first-order chi connectivity index (χ1) is 11.3. The van der Waals surface area contributed by atoms with Crippen LogP contribution in [0.4, 0.5) is 5.69 Å². The average molecular weight is 299 g/mol. The molecule has 1 N–H and O–H groups in total. The van der Waals surface area contributed by atoms with E-state index in [1.807, 2.05) is 60.7 Å². The molecule has 0 aliphatic carbocycles. The van der Waals surface area contributed by atoms with Gasteiger partial charge in [-0.3, -0.25) is 4.79 Å². The Kier molecular flexibility index (Phi) is 3.20. The van der Waals surface area contributed by atoms with E-state index < -0.39 is 0 Å². The van der Waals surface area contributed by atoms with Gasteiger partial charge in [0.1, 0.15) is 0 Å². The van der Waals surface area contributed by atoms with E-state index >= 15 is 0 Å². The fraction of sp³-hybridized carbons (Fsp3) is 0. The second-order valence-corrected chi connectivity index (χ2v) is 5.26. The van der Waals surface area contributed by atoms with E-state index in [1.165, 1.54) is 0 Å². The summed E-state index contributed by atoms with van der Waals surface area (Å²) in [6.45, 7) is 0. The number of rotatable bonds is 2. The van der Waals surface area contributed by atoms with Crippen molar-refractivity contribution in [3.63, 3.8) is 0 Å². The summed E-state index contributed by atoms with van der Waals surface area (Å²) in [5, 5.41) is 2.86. The van der Waals surface area contributed by atoms with Crippen LogP contribution in [-0.4, -0.2) is 15.9 Å². The van der Waals surface area contributed by atoms with Gasteiger partial charge >= 0.3 is 0 Å². The maximum Gasteiger partial charge on any atom is 0.256 e. The summed E-state index contributed by atoms with van der Waals surface area (Å²) in [6.07, 6.45) is 5.28. The van der Waals surface area contributed by atoms with Gasteiger partial charge in [-0.25, -0.2) is 9.97 Å². The smallest absolute Gasteiger partial charge is 0.256 e. The molecule has 0 fully saturated rings. The van der Waals surface area contributed by atoms with E-state index in [4.69, 9.17) is 0 Å². The van der Waals surface area contributed by atoms with Crippen LogP contribution in [0.3, 0.4) is 0 Å². The Morgan fingerprint density at radius 3 is 2.35 bits per heavy atom. The average Bonchev–Trinajstić information content (AvgIpc) is 2.92. The van der Waals surface area contributed by atoms with Crippen molar-refractivity contribution in [3.05, 3.63) is 78.1 Å². The third-order valence-electron chi connectivity index (χ3n) is 3.72. The Morgan fingerprint density at radius 2 is 1.57 bits per heavy atom. The highest BCUT2D eigenvalue weighted by molar-refractivity contribution is 6.34. The number of benzene rings is 2. The van der Waals surface area contributed by atoms with Crippen LogP contribution in [0.25, 0.3) is 23.0 Å². The molecule has 4 rings (SSSR count). The molecule has 1 aliphatic rings. The Morgan fingerprint density at radius 1 is 0.870 bits per heavy atom. The molecule has 110 valence electrons. The minimum atomic E-state index is -0.0988. The van der Waals surface area contributed by atoms with Crippen LogP contribution in [0.2, 0.25) is 0 Å². The molecule has 1 aromatic heterocycles. The van der Waals surface area contributed by atoms with Gasteiger partial charge in [0.25, 0.3) is 5.91 Å². The van der Waals surface area contributed by atoms with Crippen molar-refractivity contribution in [3.8, 4) is 11.4 Å². The van der Waals surface area contributed by atoms with Crippen LogP contribution in [-0.2, 0) is 4.79 Å². The van der Waals surface area contributed by atoms with Crippen LogP contribution < -0.4 is 5.32 Å². The molecule has 1 aliphatic heterocycles. The molecule has 4 heteroatoms. The number of anilines is 1. The van der Waals surface area contributed by atoms with Gasteiger partial charge in [-0.2, -0.15) is 0 Å². The highest BCUT2D eigenvalue weighted by Crippen LogP contribution is 2.32. The second-order valence-electron chi connectivity index (χ2n) is 5.26. The van der Waals surface area contributed by atoms with Gasteiger partial charge in [-0.05, 0) is 12.1 Å². The number of nitrogens with one attached hydrogen (secondary N) is 1. The van der Waals surface area contributed by atoms with Gasteiger partial charge in [0.15, 0.2) is 5.82 Å². The van der Waals surface area contributed by atoms with Crippen LogP contribution in [0, 0.1) is 0 Å². The van der Waals surface area contributed by atoms with Gasteiger partial charge in [-0.1, -0.05) is 48.5 Å². The van der Waals surface area contributed by atoms with Gasteiger partial charge in [0, 0.05) is 40.3 Å². The first kappa shape index (κ1) is 13.4. The standard InChI is InChI=1S/C19H13N3O/c23-19-16(15-8-4-5-9-17(15)22-19)10-13-11-20-18(21-12-13)14-6-2-1-3-7-14/h1-12H,(H,22,23). The zero-order chi connectivity index (χ0) is 15.6. The molecule has 0 saturated carbocycles. The predicted molar refractivity (Wildman–Crippen MR) is 90.4 cm³/mol. The van der Waals surface area contributed by atoms with Crippen molar-refractivity contribution in [2.24, 2.45) is 0 Å². The third kappa shape index (κ3) is 2.51. The van der Waals surface area contributed by atoms with Gasteiger partial charge < -0.3 is 5.32 Å². The molecule has 0 bridgehead atoms. The number of nitrogens with zero attached hydrogens (tertiary/aromatic N) is 2. The van der Waals surface area contributed by atoms with E-state index in [9.17, 15) is 4.79 Å². The Hall–Kier alpha value is -3.27. The lowest BCUT2D eigenvalue weighted by Crippen LogP contribution is -2.03. The minimum Gasteiger partial charge on any atom is -0.321 e. The van der Waals surface area contributed by atoms with Crippen molar-refractivity contribution in [2.75, 3.05) is 5.32 Å². The molecule has 2 aromatic carbocycles. The summed E-state index contributed by atoms with van der Waals surface area (Å²) in [4.78, 5) is 20.9. The van der Waals surface area contributed by atoms with E-state index in [0.717, 1.165) is 22.4 Å². The second kappa shape index (κ2) is 5.50. The summed E-state index contributed by atoms with van der Waals surface area (Å²) >= 11 is 0. The number of amides is 1. The monoisotopic (exact) mass is 299 g/mol. The predicted octanol–water partition coefficient (Wildman–Crippen LogP) is 3.64. The Bertz CT molecular complexity index is 899. The molecular weight excluding hydrogens is 286 g/mol. The number of para-hydroxylation sites is 1. The number of carbonyl (C=O) groups is 1. The first-order valence-corrected chi connectivity index (χ1v) is 7.31. The van der Waals surface area contributed by atoms with Crippen molar-refractivity contribution >= 4 is 23.2 Å². The Labute approximate surface area is 133 Å². The summed E-state index contributed by atoms with van der Waals surface area (Å²) in [6, 6.07) is 17.4. The van der Waals surface area contributed by atoms with Crippen LogP contribution in [0.5, 0.6) is 0 Å². The van der Waals surface area contributed by atoms with Gasteiger partial charge in [-0.15, -0.1) is 0 Å². The third-order valence-corrected chi connectivity index (χ3v) is 3.72. The molecule has 23 heavy (non-hydrogen) atoms. The van der Waals surface area contributed by atoms with Gasteiger partial charge in [0.2, 0.25) is 0 Å². The lowest BCUT2D eigenvalue weighted by atomic mass is 10.1. The van der Waals surface area contributed by atoms with E-state index in [2.05, 4.69) is 15.3 Å². The summed E-state index contributed by atoms with van der Waals surface area (Å²) in [5.74, 6) is 0.572. The maximum absolute atomic E-state index is 12.1. The van der Waals surface area contributed by atoms with Crippen molar-refractivity contribution in [1.29, 1.82) is 0 Å². The van der Waals surface area contributed by atoms with E-state index in [-0.39, 0.29) is 5.91 Å². The van der Waals surface area contributed by atoms with E-state index in [1.54, 1.807) is 12.4 Å². The van der Waals surface area contributed by atoms with Crippen LogP contribution >= 0.6 is 0 Å². The minimum absolute atomic E-state index is 0.0988. The highest BCUT2D eigenvalue weighted by Gasteiger charge is 2.23. The molecule has 3 aromatic rings. The lowest BCUT2D eigenvalue weighted by molar-refractivity contribution is -0.110. The first-order valence-electron chi connectivity index (χ1n) is 7.31. The molecule has 0 unspecified atom stereocenters. The maximum atomic E-state index is 12.1. The summed E-state index contributed by atoms with van der Waals surface area (Å²) in [7, 11) is 0. The fourth-order valence-electron chi connectivity index (χ4n) is 2.60. The normalized spacial score (nSPS) is 14.6. The molecular formula is C19H13N3O. The van der Waals surface area contributed by atoms with Gasteiger partial charge in [0.05, 0.1) is 0 Å². The lowest BCUT2D eigenvalue weighted by Gasteiger charge is -2.01. The number of carbonyl (C=O) groups excluding carboxylic acids is 1. The summed E-state index contributed by atoms with van der Waals surface area (Å²) in [5.41, 5.74) is 4.15.